The summed E-state index contributed by atoms with van der Waals surface area (Å²) >= 11 is 0. The Morgan fingerprint density at radius 2 is 1.59 bits per heavy atom. The summed E-state index contributed by atoms with van der Waals surface area (Å²) in [5, 5.41) is 1.12. The van der Waals surface area contributed by atoms with Crippen LogP contribution in [0.4, 0.5) is 0 Å². The summed E-state index contributed by atoms with van der Waals surface area (Å²) in [7, 11) is -1.24. The molecule has 0 radical (unpaired) electrons. The fourth-order valence-electron chi connectivity index (χ4n) is 4.42. The highest BCUT2D eigenvalue weighted by Crippen LogP contribution is 2.32. The first-order chi connectivity index (χ1) is 15.1. The van der Waals surface area contributed by atoms with E-state index in [0.29, 0.717) is 16.7 Å². The van der Waals surface area contributed by atoms with E-state index < -0.39 is 9.84 Å². The number of rotatable bonds is 6. The van der Waals surface area contributed by atoms with Crippen molar-refractivity contribution in [2.75, 3.05) is 6.26 Å². The molecule has 4 aromatic rings. The maximum absolute atomic E-state index is 12.0. The van der Waals surface area contributed by atoms with Gasteiger partial charge >= 0.3 is 0 Å². The average molecular weight is 446 g/mol. The number of hydrogen-bond acceptors (Lipinski definition) is 2. The van der Waals surface area contributed by atoms with Gasteiger partial charge in [0.1, 0.15) is 0 Å². The number of aryl methyl sites for hydroxylation is 1. The monoisotopic (exact) mass is 445 g/mol. The van der Waals surface area contributed by atoms with Crippen molar-refractivity contribution >= 4 is 20.7 Å². The zero-order valence-electron chi connectivity index (χ0n) is 19.5. The van der Waals surface area contributed by atoms with Crippen LogP contribution >= 0.6 is 0 Å². The quantitative estimate of drug-likeness (QED) is 0.330. The second-order valence-electron chi connectivity index (χ2n) is 9.23. The van der Waals surface area contributed by atoms with Crippen molar-refractivity contribution in [3.8, 4) is 11.1 Å². The highest BCUT2D eigenvalue weighted by Gasteiger charge is 2.16. The minimum absolute atomic E-state index is 0.307. The van der Waals surface area contributed by atoms with Gasteiger partial charge in [-0.15, -0.1) is 0 Å². The van der Waals surface area contributed by atoms with Gasteiger partial charge in [-0.05, 0) is 58.2 Å². The van der Waals surface area contributed by atoms with Crippen LogP contribution in [0.1, 0.15) is 49.3 Å². The SMILES string of the molecule is CC(C)c1ccc(-c2cccc(CC(C)c3cn(C)c4cc(S(C)(=O)=O)ccc34)c2)cc1. The normalized spacial score (nSPS) is 13.1. The summed E-state index contributed by atoms with van der Waals surface area (Å²) in [6.07, 6.45) is 4.31. The highest BCUT2D eigenvalue weighted by atomic mass is 32.2. The number of nitrogens with zero attached hydrogens (tertiary/aromatic N) is 1. The van der Waals surface area contributed by atoms with Crippen LogP contribution in [0.2, 0.25) is 0 Å². The lowest BCUT2D eigenvalue weighted by Gasteiger charge is -2.13. The molecule has 4 heteroatoms. The Hall–Kier alpha value is -2.85. The first-order valence-electron chi connectivity index (χ1n) is 11.1. The molecular weight excluding hydrogens is 414 g/mol. The molecular formula is C28H31NO2S. The molecule has 1 aromatic heterocycles. The van der Waals surface area contributed by atoms with E-state index in [4.69, 9.17) is 0 Å². The van der Waals surface area contributed by atoms with Crippen LogP contribution in [0.3, 0.4) is 0 Å². The van der Waals surface area contributed by atoms with E-state index in [1.165, 1.54) is 34.1 Å². The number of aromatic nitrogens is 1. The fourth-order valence-corrected chi connectivity index (χ4v) is 5.06. The zero-order chi connectivity index (χ0) is 23.0. The molecule has 1 unspecified atom stereocenters. The van der Waals surface area contributed by atoms with Crippen LogP contribution < -0.4 is 0 Å². The molecule has 0 amide bonds. The summed E-state index contributed by atoms with van der Waals surface area (Å²) in [6.45, 7) is 6.67. The molecule has 0 saturated heterocycles. The van der Waals surface area contributed by atoms with Gasteiger partial charge in [0.25, 0.3) is 0 Å². The highest BCUT2D eigenvalue weighted by molar-refractivity contribution is 7.90. The first kappa shape index (κ1) is 22.3. The van der Waals surface area contributed by atoms with Gasteiger partial charge in [0.2, 0.25) is 0 Å². The predicted octanol–water partition coefficient (Wildman–Crippen LogP) is 6.72. The maximum atomic E-state index is 12.0. The molecule has 0 aliphatic carbocycles. The Balaban J connectivity index is 1.61. The van der Waals surface area contributed by atoms with Gasteiger partial charge in [-0.3, -0.25) is 0 Å². The molecule has 0 N–H and O–H groups in total. The standard InChI is InChI=1S/C28H31NO2S/c1-19(2)22-9-11-23(12-10-22)24-8-6-7-21(16-24)15-20(3)27-18-29(4)28-17-25(32(5,30)31)13-14-26(27)28/h6-14,16-20H,15H2,1-5H3. The fraction of sp³-hybridized carbons (Fsp3) is 0.286. The van der Waals surface area contributed by atoms with Gasteiger partial charge < -0.3 is 4.57 Å². The van der Waals surface area contributed by atoms with Crippen LogP contribution in [0.5, 0.6) is 0 Å². The molecule has 0 bridgehead atoms. The molecule has 0 aliphatic rings. The number of sulfone groups is 1. The molecule has 0 fully saturated rings. The lowest BCUT2D eigenvalue weighted by Crippen LogP contribution is -1.99. The van der Waals surface area contributed by atoms with Crippen molar-refractivity contribution in [3.63, 3.8) is 0 Å². The second kappa shape index (κ2) is 8.59. The molecule has 1 heterocycles. The largest absolute Gasteiger partial charge is 0.350 e. The van der Waals surface area contributed by atoms with Gasteiger partial charge in [-0.25, -0.2) is 8.42 Å². The molecule has 166 valence electrons. The van der Waals surface area contributed by atoms with Gasteiger partial charge in [0.15, 0.2) is 9.84 Å². The Bertz CT molecular complexity index is 1360. The Kier molecular flexibility index (Phi) is 6.00. The third-order valence-corrected chi connectivity index (χ3v) is 7.44. The Morgan fingerprint density at radius 1 is 0.875 bits per heavy atom. The van der Waals surface area contributed by atoms with Crippen LogP contribution in [0.25, 0.3) is 22.0 Å². The van der Waals surface area contributed by atoms with Crippen molar-refractivity contribution in [2.24, 2.45) is 7.05 Å². The third-order valence-electron chi connectivity index (χ3n) is 6.33. The van der Waals surface area contributed by atoms with E-state index in [9.17, 15) is 8.42 Å². The van der Waals surface area contributed by atoms with Crippen LogP contribution in [0.15, 0.2) is 77.8 Å². The lowest BCUT2D eigenvalue weighted by molar-refractivity contribution is 0.602. The second-order valence-corrected chi connectivity index (χ2v) is 11.2. The molecule has 3 nitrogen and oxygen atoms in total. The van der Waals surface area contributed by atoms with Crippen LogP contribution in [-0.4, -0.2) is 19.2 Å². The van der Waals surface area contributed by atoms with Gasteiger partial charge in [-0.1, -0.05) is 75.4 Å². The average Bonchev–Trinajstić information content (AvgIpc) is 3.09. The van der Waals surface area contributed by atoms with Crippen molar-refractivity contribution in [1.29, 1.82) is 0 Å². The van der Waals surface area contributed by atoms with Crippen LogP contribution in [0, 0.1) is 0 Å². The van der Waals surface area contributed by atoms with Crippen molar-refractivity contribution in [3.05, 3.63) is 89.6 Å². The summed E-state index contributed by atoms with van der Waals surface area (Å²) in [6, 6.07) is 23.1. The summed E-state index contributed by atoms with van der Waals surface area (Å²) in [4.78, 5) is 0.363. The van der Waals surface area contributed by atoms with Crippen molar-refractivity contribution < 1.29 is 8.42 Å². The van der Waals surface area contributed by atoms with Gasteiger partial charge in [-0.2, -0.15) is 0 Å². The van der Waals surface area contributed by atoms with E-state index >= 15 is 0 Å². The van der Waals surface area contributed by atoms with E-state index in [-0.39, 0.29) is 0 Å². The zero-order valence-corrected chi connectivity index (χ0v) is 20.3. The molecule has 1 atom stereocenters. The summed E-state index contributed by atoms with van der Waals surface area (Å²) in [5.74, 6) is 0.840. The molecule has 4 rings (SSSR count). The summed E-state index contributed by atoms with van der Waals surface area (Å²) < 4.78 is 26.0. The van der Waals surface area contributed by atoms with Gasteiger partial charge in [0, 0.05) is 30.4 Å². The minimum Gasteiger partial charge on any atom is -0.350 e. The van der Waals surface area contributed by atoms with E-state index in [2.05, 4.69) is 75.5 Å². The molecule has 0 aliphatic heterocycles. The smallest absolute Gasteiger partial charge is 0.175 e. The molecule has 32 heavy (non-hydrogen) atoms. The molecule has 0 saturated carbocycles. The van der Waals surface area contributed by atoms with E-state index in [0.717, 1.165) is 17.3 Å². The summed E-state index contributed by atoms with van der Waals surface area (Å²) in [5.41, 5.74) is 7.33. The van der Waals surface area contributed by atoms with Crippen molar-refractivity contribution in [1.82, 2.24) is 4.57 Å². The predicted molar refractivity (Wildman–Crippen MR) is 134 cm³/mol. The minimum atomic E-state index is -3.22. The number of benzene rings is 3. The van der Waals surface area contributed by atoms with E-state index in [1.54, 1.807) is 12.1 Å². The Morgan fingerprint density at radius 3 is 2.25 bits per heavy atom. The Labute approximate surface area is 191 Å². The third kappa shape index (κ3) is 4.51. The van der Waals surface area contributed by atoms with E-state index in [1.807, 2.05) is 17.7 Å². The van der Waals surface area contributed by atoms with Crippen LogP contribution in [-0.2, 0) is 23.3 Å². The lowest BCUT2D eigenvalue weighted by atomic mass is 9.91. The number of fused-ring (bicyclic) bond motifs is 1. The first-order valence-corrected chi connectivity index (χ1v) is 13.0. The molecule has 3 aromatic carbocycles. The topological polar surface area (TPSA) is 39.1 Å². The maximum Gasteiger partial charge on any atom is 0.175 e. The molecule has 0 spiro atoms. The number of hydrogen-bond donors (Lipinski definition) is 0. The van der Waals surface area contributed by atoms with Gasteiger partial charge in [0.05, 0.1) is 4.90 Å². The van der Waals surface area contributed by atoms with Crippen molar-refractivity contribution in [2.45, 2.75) is 43.9 Å².